The molecule has 0 fully saturated rings. The van der Waals surface area contributed by atoms with Crippen molar-refractivity contribution in [1.29, 1.82) is 0 Å². The summed E-state index contributed by atoms with van der Waals surface area (Å²) in [5.74, 6) is 2.24. The maximum Gasteiger partial charge on any atom is 0.290 e. The van der Waals surface area contributed by atoms with Crippen molar-refractivity contribution >= 4 is 18.2 Å². The first-order valence-corrected chi connectivity index (χ1v) is 7.69. The first-order valence-electron chi connectivity index (χ1n) is 7.69. The van der Waals surface area contributed by atoms with Gasteiger partial charge in [-0.2, -0.15) is 4.98 Å². The van der Waals surface area contributed by atoms with Crippen molar-refractivity contribution in [3.63, 3.8) is 0 Å². The first kappa shape index (κ1) is 18.4. The van der Waals surface area contributed by atoms with Crippen molar-refractivity contribution in [2.75, 3.05) is 23.9 Å². The molecule has 2 aromatic heterocycles. The number of rotatable bonds is 2. The van der Waals surface area contributed by atoms with Crippen LogP contribution in [0, 0.1) is 13.8 Å². The zero-order valence-electron chi connectivity index (χ0n) is 15.0. The Morgan fingerprint density at radius 1 is 1.24 bits per heavy atom. The van der Waals surface area contributed by atoms with Gasteiger partial charge in [-0.05, 0) is 13.8 Å². The van der Waals surface area contributed by atoms with E-state index in [1.165, 1.54) is 0 Å². The van der Waals surface area contributed by atoms with Crippen LogP contribution in [0.3, 0.4) is 0 Å². The van der Waals surface area contributed by atoms with Crippen LogP contribution in [0.4, 0.5) is 11.8 Å². The van der Waals surface area contributed by atoms with E-state index in [0.717, 1.165) is 28.5 Å². The summed E-state index contributed by atoms with van der Waals surface area (Å²) in [5, 5.41) is 6.89. The van der Waals surface area contributed by atoms with Gasteiger partial charge in [0.1, 0.15) is 11.6 Å². The van der Waals surface area contributed by atoms with Crippen LogP contribution in [-0.4, -0.2) is 45.2 Å². The van der Waals surface area contributed by atoms with E-state index in [0.29, 0.717) is 19.0 Å². The summed E-state index contributed by atoms with van der Waals surface area (Å²) in [6.45, 7) is 4.66. The molecular formula is C16H22N6O3. The molecule has 134 valence electrons. The number of hydrogen-bond donors (Lipinski definition) is 1. The summed E-state index contributed by atoms with van der Waals surface area (Å²) >= 11 is 0. The fraction of sp³-hybridized carbons (Fsp3) is 0.438. The van der Waals surface area contributed by atoms with Crippen molar-refractivity contribution in [2.45, 2.75) is 26.9 Å². The zero-order chi connectivity index (χ0) is 18.7. The normalized spacial score (nSPS) is 12.3. The molecule has 0 aromatic carbocycles. The van der Waals surface area contributed by atoms with Crippen LogP contribution in [0.2, 0.25) is 0 Å². The molecule has 1 N–H and O–H groups in total. The lowest BCUT2D eigenvalue weighted by molar-refractivity contribution is -0.122. The summed E-state index contributed by atoms with van der Waals surface area (Å²) < 4.78 is 1.59. The minimum atomic E-state index is -0.250. The van der Waals surface area contributed by atoms with Crippen molar-refractivity contribution in [3.05, 3.63) is 39.2 Å². The maximum atomic E-state index is 12.3. The molecule has 0 bridgehead atoms. The van der Waals surface area contributed by atoms with Gasteiger partial charge in [0.05, 0.1) is 24.3 Å². The fourth-order valence-corrected chi connectivity index (χ4v) is 2.70. The van der Waals surface area contributed by atoms with Crippen LogP contribution in [0.1, 0.15) is 22.6 Å². The van der Waals surface area contributed by atoms with Crippen LogP contribution >= 0.6 is 0 Å². The van der Waals surface area contributed by atoms with Gasteiger partial charge in [-0.3, -0.25) is 14.2 Å². The topological polar surface area (TPSA) is 104 Å². The average molecular weight is 346 g/mol. The van der Waals surface area contributed by atoms with Crippen molar-refractivity contribution in [1.82, 2.24) is 19.5 Å². The first-order chi connectivity index (χ1) is 11.8. The molecule has 0 saturated heterocycles. The lowest BCUT2D eigenvalue weighted by atomic mass is 10.2. The molecule has 3 rings (SSSR count). The molecule has 0 unspecified atom stereocenters. The third-order valence-electron chi connectivity index (χ3n) is 4.02. The molecule has 0 aliphatic carbocycles. The van der Waals surface area contributed by atoms with Gasteiger partial charge in [0.15, 0.2) is 0 Å². The number of hydrogen-bond acceptors (Lipinski definition) is 7. The number of carboxylic acid groups (broad SMARTS) is 1. The van der Waals surface area contributed by atoms with Crippen molar-refractivity contribution < 1.29 is 9.90 Å². The van der Waals surface area contributed by atoms with Gasteiger partial charge in [-0.1, -0.05) is 0 Å². The van der Waals surface area contributed by atoms with Crippen LogP contribution in [0.5, 0.6) is 0 Å². The summed E-state index contributed by atoms with van der Waals surface area (Å²) in [5.41, 5.74) is 2.61. The number of anilines is 2. The van der Waals surface area contributed by atoms with Gasteiger partial charge >= 0.3 is 0 Å². The van der Waals surface area contributed by atoms with E-state index in [1.54, 1.807) is 11.6 Å². The van der Waals surface area contributed by atoms with Gasteiger partial charge in [0.25, 0.3) is 12.0 Å². The standard InChI is InChI=1S/C15H20N6O.CH2O2/c1-9-6-16-15(18-13(9)19(3)4)21-7-11-12(8-21)17-10(2)20(5)14(11)22;2-1-3/h6H,7-8H2,1-5H3;1H,(H,2,3). The van der Waals surface area contributed by atoms with E-state index < -0.39 is 0 Å². The Balaban J connectivity index is 0.000000701. The highest BCUT2D eigenvalue weighted by atomic mass is 16.3. The van der Waals surface area contributed by atoms with Gasteiger partial charge < -0.3 is 14.9 Å². The van der Waals surface area contributed by atoms with Crippen LogP contribution in [-0.2, 0) is 24.9 Å². The Kier molecular flexibility index (Phi) is 5.35. The number of aromatic nitrogens is 4. The molecule has 2 aromatic rings. The number of nitrogens with zero attached hydrogens (tertiary/aromatic N) is 6. The number of aryl methyl sites for hydroxylation is 2. The molecule has 0 atom stereocenters. The molecule has 25 heavy (non-hydrogen) atoms. The van der Waals surface area contributed by atoms with Crippen LogP contribution in [0.25, 0.3) is 0 Å². The Morgan fingerprint density at radius 3 is 2.48 bits per heavy atom. The molecule has 1 aliphatic rings. The summed E-state index contributed by atoms with van der Waals surface area (Å²) in [7, 11) is 5.66. The van der Waals surface area contributed by atoms with E-state index in [1.807, 2.05) is 43.9 Å². The maximum absolute atomic E-state index is 12.3. The SMILES string of the molecule is Cc1cnc(N2Cc3nc(C)n(C)c(=O)c3C2)nc1N(C)C.O=CO. The fourth-order valence-electron chi connectivity index (χ4n) is 2.70. The van der Waals surface area contributed by atoms with E-state index in [9.17, 15) is 4.79 Å². The molecule has 9 nitrogen and oxygen atoms in total. The molecule has 3 heterocycles. The third kappa shape index (κ3) is 3.59. The second-order valence-electron chi connectivity index (χ2n) is 5.98. The van der Waals surface area contributed by atoms with E-state index in [-0.39, 0.29) is 12.0 Å². The average Bonchev–Trinajstić information content (AvgIpc) is 2.97. The van der Waals surface area contributed by atoms with Gasteiger partial charge in [0.2, 0.25) is 5.95 Å². The molecule has 0 saturated carbocycles. The second-order valence-corrected chi connectivity index (χ2v) is 5.98. The largest absolute Gasteiger partial charge is 0.483 e. The summed E-state index contributed by atoms with van der Waals surface area (Å²) in [6.07, 6.45) is 1.82. The predicted octanol–water partition coefficient (Wildman–Crippen LogP) is 0.474. The van der Waals surface area contributed by atoms with Crippen LogP contribution in [0.15, 0.2) is 11.0 Å². The van der Waals surface area contributed by atoms with Crippen LogP contribution < -0.4 is 15.4 Å². The highest BCUT2D eigenvalue weighted by Crippen LogP contribution is 2.25. The number of carbonyl (C=O) groups is 1. The monoisotopic (exact) mass is 346 g/mol. The van der Waals surface area contributed by atoms with E-state index in [2.05, 4.69) is 15.0 Å². The molecule has 1 aliphatic heterocycles. The zero-order valence-corrected chi connectivity index (χ0v) is 15.0. The predicted molar refractivity (Wildman–Crippen MR) is 93.9 cm³/mol. The molecular weight excluding hydrogens is 324 g/mol. The lowest BCUT2D eigenvalue weighted by Gasteiger charge is -2.19. The van der Waals surface area contributed by atoms with Gasteiger partial charge in [0, 0.05) is 32.9 Å². The highest BCUT2D eigenvalue weighted by molar-refractivity contribution is 5.50. The smallest absolute Gasteiger partial charge is 0.290 e. The molecule has 0 radical (unpaired) electrons. The summed E-state index contributed by atoms with van der Waals surface area (Å²) in [4.78, 5) is 38.2. The Labute approximate surface area is 145 Å². The second kappa shape index (κ2) is 7.29. The van der Waals surface area contributed by atoms with Gasteiger partial charge in [-0.25, -0.2) is 9.97 Å². The quantitative estimate of drug-likeness (QED) is 0.783. The third-order valence-corrected chi connectivity index (χ3v) is 4.02. The summed E-state index contributed by atoms with van der Waals surface area (Å²) in [6, 6.07) is 0. The lowest BCUT2D eigenvalue weighted by Crippen LogP contribution is -2.25. The minimum Gasteiger partial charge on any atom is -0.483 e. The Morgan fingerprint density at radius 2 is 1.88 bits per heavy atom. The number of fused-ring (bicyclic) bond motifs is 1. The van der Waals surface area contributed by atoms with Crippen molar-refractivity contribution in [3.8, 4) is 0 Å². The molecule has 0 spiro atoms. The van der Waals surface area contributed by atoms with E-state index >= 15 is 0 Å². The molecule has 9 heteroatoms. The molecule has 0 amide bonds. The minimum absolute atomic E-state index is 0.0185. The van der Waals surface area contributed by atoms with Crippen molar-refractivity contribution in [2.24, 2.45) is 7.05 Å². The van der Waals surface area contributed by atoms with Gasteiger partial charge in [-0.15, -0.1) is 0 Å². The Bertz CT molecular complexity index is 846. The van der Waals surface area contributed by atoms with E-state index in [4.69, 9.17) is 9.90 Å². The highest BCUT2D eigenvalue weighted by Gasteiger charge is 2.26. The Hall–Kier alpha value is -2.97.